The molecule has 0 unspecified atom stereocenters. The Bertz CT molecular complexity index is 807. The average Bonchev–Trinajstić information content (AvgIpc) is 2.67. The van der Waals surface area contributed by atoms with Gasteiger partial charge in [-0.3, -0.25) is 4.90 Å². The second-order valence-corrected chi connectivity index (χ2v) is 6.00. The first kappa shape index (κ1) is 16.7. The third kappa shape index (κ3) is 4.24. The highest BCUT2D eigenvalue weighted by molar-refractivity contribution is 6.00. The molecule has 3 aromatic carbocycles. The number of nitrogens with zero attached hydrogens (tertiary/aromatic N) is 2. The van der Waals surface area contributed by atoms with E-state index in [1.165, 1.54) is 5.56 Å². The second-order valence-electron chi connectivity index (χ2n) is 6.00. The maximum atomic E-state index is 2.26. The van der Waals surface area contributed by atoms with Crippen molar-refractivity contribution >= 4 is 23.3 Å². The third-order valence-corrected chi connectivity index (χ3v) is 3.94. The van der Waals surface area contributed by atoms with E-state index >= 15 is 0 Å². The molecule has 0 N–H and O–H groups in total. The van der Waals surface area contributed by atoms with Gasteiger partial charge in [-0.1, -0.05) is 66.7 Å². The van der Waals surface area contributed by atoms with Crippen LogP contribution >= 0.6 is 0 Å². The molecular formula is C23H23N2+. The van der Waals surface area contributed by atoms with Crippen molar-refractivity contribution in [2.75, 3.05) is 14.1 Å². The summed E-state index contributed by atoms with van der Waals surface area (Å²) in [7, 11) is 4.15. The number of para-hydroxylation sites is 2. The highest BCUT2D eigenvalue weighted by atomic mass is 15.2. The van der Waals surface area contributed by atoms with E-state index in [0.29, 0.717) is 0 Å². The molecule has 0 aliphatic carbocycles. The van der Waals surface area contributed by atoms with Gasteiger partial charge in [0.1, 0.15) is 11.4 Å². The van der Waals surface area contributed by atoms with Gasteiger partial charge >= 0.3 is 0 Å². The Morgan fingerprint density at radius 3 is 1.56 bits per heavy atom. The van der Waals surface area contributed by atoms with Gasteiger partial charge in [0.2, 0.25) is 0 Å². The average molecular weight is 327 g/mol. The molecule has 0 spiro atoms. The molecule has 0 saturated heterocycles. The van der Waals surface area contributed by atoms with Gasteiger partial charge in [-0.05, 0) is 35.9 Å². The predicted molar refractivity (Wildman–Crippen MR) is 109 cm³/mol. The molecule has 0 heterocycles. The van der Waals surface area contributed by atoms with Crippen molar-refractivity contribution in [3.05, 3.63) is 103 Å². The van der Waals surface area contributed by atoms with Crippen molar-refractivity contribution in [2.45, 2.75) is 0 Å². The van der Waals surface area contributed by atoms with E-state index in [9.17, 15) is 0 Å². The predicted octanol–water partition coefficient (Wildman–Crippen LogP) is 5.19. The Hall–Kier alpha value is -3.13. The molecule has 25 heavy (non-hydrogen) atoms. The van der Waals surface area contributed by atoms with E-state index < -0.39 is 0 Å². The van der Waals surface area contributed by atoms with Gasteiger partial charge in [0, 0.05) is 6.08 Å². The Balaban J connectivity index is 2.16. The SMILES string of the molecule is CN(C)C(C=Cc1ccccc1)=[N+](c1ccccc1)c1ccccc1. The monoisotopic (exact) mass is 327 g/mol. The molecule has 3 rings (SSSR count). The van der Waals surface area contributed by atoms with Crippen molar-refractivity contribution in [3.8, 4) is 0 Å². The number of hydrogen-bond acceptors (Lipinski definition) is 0. The minimum absolute atomic E-state index is 1.10. The van der Waals surface area contributed by atoms with Gasteiger partial charge in [-0.2, -0.15) is 4.58 Å². The second kappa shape index (κ2) is 8.11. The Labute approximate surface area is 150 Å². The van der Waals surface area contributed by atoms with Gasteiger partial charge in [0.05, 0.1) is 14.1 Å². The molecule has 124 valence electrons. The summed E-state index contributed by atoms with van der Waals surface area (Å²) < 4.78 is 2.26. The van der Waals surface area contributed by atoms with Crippen LogP contribution in [0.15, 0.2) is 97.1 Å². The zero-order valence-corrected chi connectivity index (χ0v) is 14.7. The first-order chi connectivity index (χ1) is 12.3. The van der Waals surface area contributed by atoms with Gasteiger partial charge in [0.15, 0.2) is 0 Å². The minimum Gasteiger partial charge on any atom is -0.267 e. The van der Waals surface area contributed by atoms with E-state index in [2.05, 4.69) is 109 Å². The van der Waals surface area contributed by atoms with Crippen LogP contribution in [-0.4, -0.2) is 24.8 Å². The number of hydrogen-bond donors (Lipinski definition) is 0. The van der Waals surface area contributed by atoms with E-state index in [1.807, 2.05) is 18.2 Å². The maximum Gasteiger partial charge on any atom is 0.281 e. The summed E-state index contributed by atoms with van der Waals surface area (Å²) in [5.41, 5.74) is 3.45. The van der Waals surface area contributed by atoms with E-state index in [4.69, 9.17) is 0 Å². The number of likely N-dealkylation sites (N-methyl/N-ethyl adjacent to an activating group) is 1. The zero-order chi connectivity index (χ0) is 17.5. The quantitative estimate of drug-likeness (QED) is 0.363. The lowest BCUT2D eigenvalue weighted by atomic mass is 10.2. The fourth-order valence-corrected chi connectivity index (χ4v) is 2.73. The van der Waals surface area contributed by atoms with Gasteiger partial charge in [0.25, 0.3) is 5.84 Å². The van der Waals surface area contributed by atoms with Gasteiger partial charge in [-0.25, -0.2) is 0 Å². The minimum atomic E-state index is 1.10. The molecule has 2 nitrogen and oxygen atoms in total. The van der Waals surface area contributed by atoms with Crippen LogP contribution in [-0.2, 0) is 0 Å². The van der Waals surface area contributed by atoms with E-state index in [1.54, 1.807) is 0 Å². The van der Waals surface area contributed by atoms with Crippen LogP contribution in [0.4, 0.5) is 11.4 Å². The maximum absolute atomic E-state index is 2.26. The van der Waals surface area contributed by atoms with Crippen LogP contribution in [0.3, 0.4) is 0 Å². The first-order valence-electron chi connectivity index (χ1n) is 8.43. The molecular weight excluding hydrogens is 304 g/mol. The molecule has 0 aliphatic heterocycles. The van der Waals surface area contributed by atoms with Crippen molar-refractivity contribution in [1.82, 2.24) is 9.48 Å². The summed E-state index contributed by atoms with van der Waals surface area (Å²) in [6.45, 7) is 0. The van der Waals surface area contributed by atoms with Crippen LogP contribution < -0.4 is 4.58 Å². The highest BCUT2D eigenvalue weighted by Crippen LogP contribution is 2.21. The number of amidine groups is 1. The van der Waals surface area contributed by atoms with Crippen LogP contribution in [0.1, 0.15) is 5.56 Å². The molecule has 0 aromatic heterocycles. The van der Waals surface area contributed by atoms with Crippen molar-refractivity contribution in [3.63, 3.8) is 0 Å². The summed E-state index contributed by atoms with van der Waals surface area (Å²) >= 11 is 0. The van der Waals surface area contributed by atoms with Crippen molar-refractivity contribution < 1.29 is 0 Å². The molecule has 0 radical (unpaired) electrons. The smallest absolute Gasteiger partial charge is 0.267 e. The van der Waals surface area contributed by atoms with Crippen LogP contribution in [0.2, 0.25) is 0 Å². The Kier molecular flexibility index (Phi) is 5.43. The topological polar surface area (TPSA) is 6.25 Å². The molecule has 0 fully saturated rings. The molecule has 0 saturated carbocycles. The third-order valence-electron chi connectivity index (χ3n) is 3.94. The zero-order valence-electron chi connectivity index (χ0n) is 14.7. The lowest BCUT2D eigenvalue weighted by Crippen LogP contribution is -2.29. The summed E-state index contributed by atoms with van der Waals surface area (Å²) in [6.07, 6.45) is 4.31. The van der Waals surface area contributed by atoms with E-state index in [-0.39, 0.29) is 0 Å². The lowest BCUT2D eigenvalue weighted by molar-refractivity contribution is 0.614. The normalized spacial score (nSPS) is 10.6. The summed E-state index contributed by atoms with van der Waals surface area (Å²) in [5.74, 6) is 1.10. The largest absolute Gasteiger partial charge is 0.281 e. The standard InChI is InChI=1S/C23H23N2/c1-24(2)23(19-18-20-12-6-3-7-13-20)25(21-14-8-4-9-15-21)22-16-10-5-11-17-22/h3-19H,1-2H3/q+1. The first-order valence-corrected chi connectivity index (χ1v) is 8.43. The molecule has 2 heteroatoms. The molecule has 0 atom stereocenters. The Morgan fingerprint density at radius 1 is 0.680 bits per heavy atom. The lowest BCUT2D eigenvalue weighted by Gasteiger charge is -2.14. The summed E-state index contributed by atoms with van der Waals surface area (Å²) in [6, 6.07) is 31.3. The number of rotatable bonds is 4. The van der Waals surface area contributed by atoms with Crippen LogP contribution in [0.25, 0.3) is 6.08 Å². The Morgan fingerprint density at radius 2 is 1.12 bits per heavy atom. The van der Waals surface area contributed by atoms with E-state index in [0.717, 1.165) is 17.2 Å². The molecule has 0 aliphatic rings. The van der Waals surface area contributed by atoms with Crippen molar-refractivity contribution in [2.24, 2.45) is 0 Å². The van der Waals surface area contributed by atoms with Crippen LogP contribution in [0.5, 0.6) is 0 Å². The van der Waals surface area contributed by atoms with Crippen molar-refractivity contribution in [1.29, 1.82) is 0 Å². The van der Waals surface area contributed by atoms with Gasteiger partial charge in [-0.15, -0.1) is 0 Å². The van der Waals surface area contributed by atoms with Gasteiger partial charge < -0.3 is 0 Å². The fraction of sp³-hybridized carbons (Fsp3) is 0.0870. The molecule has 0 bridgehead atoms. The van der Waals surface area contributed by atoms with Crippen LogP contribution in [0, 0.1) is 0 Å². The summed E-state index contributed by atoms with van der Waals surface area (Å²) in [4.78, 5) is 2.14. The highest BCUT2D eigenvalue weighted by Gasteiger charge is 2.17. The summed E-state index contributed by atoms with van der Waals surface area (Å²) in [5, 5.41) is 0. The fourth-order valence-electron chi connectivity index (χ4n) is 2.73. The molecule has 3 aromatic rings. The number of benzene rings is 3. The molecule has 0 amide bonds.